The summed E-state index contributed by atoms with van der Waals surface area (Å²) >= 11 is 0. The molecule has 0 saturated heterocycles. The second-order valence-electron chi connectivity index (χ2n) is 5.09. The van der Waals surface area contributed by atoms with E-state index >= 15 is 0 Å². The summed E-state index contributed by atoms with van der Waals surface area (Å²) in [6.07, 6.45) is 1.69. The maximum absolute atomic E-state index is 14.7. The van der Waals surface area contributed by atoms with E-state index in [4.69, 9.17) is 0 Å². The molecule has 0 bridgehead atoms. The minimum atomic E-state index is -0.334. The molecule has 3 heteroatoms. The Morgan fingerprint density at radius 3 is 2.18 bits per heavy atom. The normalized spacial score (nSPS) is 11.0. The molecule has 0 atom stereocenters. The van der Waals surface area contributed by atoms with E-state index in [0.717, 1.165) is 16.7 Å². The predicted octanol–water partition coefficient (Wildman–Crippen LogP) is 4.81. The van der Waals surface area contributed by atoms with Gasteiger partial charge < -0.3 is 0 Å². The molecule has 0 radical (unpaired) electrons. The fourth-order valence-electron chi connectivity index (χ4n) is 2.70. The van der Waals surface area contributed by atoms with Crippen molar-refractivity contribution < 1.29 is 4.39 Å². The molecule has 2 nitrogen and oxygen atoms in total. The molecule has 0 unspecified atom stereocenters. The van der Waals surface area contributed by atoms with Crippen LogP contribution >= 0.6 is 0 Å². The Morgan fingerprint density at radius 1 is 0.727 bits per heavy atom. The monoisotopic (exact) mass is 288 g/mol. The third-order valence-electron chi connectivity index (χ3n) is 3.74. The first kappa shape index (κ1) is 12.8. The Kier molecular flexibility index (Phi) is 2.97. The van der Waals surface area contributed by atoms with Crippen LogP contribution in [0.2, 0.25) is 0 Å². The zero-order valence-electron chi connectivity index (χ0n) is 11.8. The zero-order valence-corrected chi connectivity index (χ0v) is 11.8. The van der Waals surface area contributed by atoms with Crippen molar-refractivity contribution in [3.8, 4) is 22.4 Å². The van der Waals surface area contributed by atoms with Crippen LogP contribution in [0, 0.1) is 5.95 Å². The lowest BCUT2D eigenvalue weighted by Crippen LogP contribution is -1.90. The van der Waals surface area contributed by atoms with Gasteiger partial charge in [-0.1, -0.05) is 60.7 Å². The summed E-state index contributed by atoms with van der Waals surface area (Å²) in [5.41, 5.74) is 3.82. The highest BCUT2D eigenvalue weighted by molar-refractivity contribution is 5.82. The van der Waals surface area contributed by atoms with Crippen molar-refractivity contribution in [3.63, 3.8) is 0 Å². The van der Waals surface area contributed by atoms with Crippen LogP contribution in [-0.4, -0.2) is 9.38 Å². The van der Waals surface area contributed by atoms with Crippen molar-refractivity contribution in [1.82, 2.24) is 9.38 Å². The van der Waals surface area contributed by atoms with Gasteiger partial charge in [0.1, 0.15) is 11.3 Å². The number of nitrogens with zero attached hydrogens (tertiary/aromatic N) is 2. The molecule has 2 aromatic carbocycles. The number of hydrogen-bond acceptors (Lipinski definition) is 1. The average molecular weight is 288 g/mol. The van der Waals surface area contributed by atoms with Gasteiger partial charge >= 0.3 is 0 Å². The second-order valence-corrected chi connectivity index (χ2v) is 5.09. The topological polar surface area (TPSA) is 17.3 Å². The minimum Gasteiger partial charge on any atom is -0.276 e. The number of pyridine rings is 1. The molecule has 22 heavy (non-hydrogen) atoms. The highest BCUT2D eigenvalue weighted by atomic mass is 19.1. The lowest BCUT2D eigenvalue weighted by molar-refractivity contribution is 0.576. The Labute approximate surface area is 127 Å². The van der Waals surface area contributed by atoms with Gasteiger partial charge in [-0.25, -0.2) is 4.98 Å². The lowest BCUT2D eigenvalue weighted by Gasteiger charge is -2.07. The Hall–Kier alpha value is -2.94. The molecular formula is C19H13FN2. The predicted molar refractivity (Wildman–Crippen MR) is 86.0 cm³/mol. The average Bonchev–Trinajstić information content (AvgIpc) is 2.93. The smallest absolute Gasteiger partial charge is 0.226 e. The molecular weight excluding hydrogens is 275 g/mol. The second kappa shape index (κ2) is 5.11. The third kappa shape index (κ3) is 1.99. The maximum Gasteiger partial charge on any atom is 0.226 e. The molecule has 0 amide bonds. The van der Waals surface area contributed by atoms with Crippen LogP contribution in [0.4, 0.5) is 4.39 Å². The summed E-state index contributed by atoms with van der Waals surface area (Å²) in [7, 11) is 0. The van der Waals surface area contributed by atoms with Crippen molar-refractivity contribution in [3.05, 3.63) is 84.9 Å². The van der Waals surface area contributed by atoms with Gasteiger partial charge in [0.2, 0.25) is 5.95 Å². The van der Waals surface area contributed by atoms with E-state index in [1.807, 2.05) is 60.7 Å². The number of hydrogen-bond donors (Lipinski definition) is 0. The van der Waals surface area contributed by atoms with Crippen LogP contribution in [0.25, 0.3) is 28.0 Å². The first-order chi connectivity index (χ1) is 10.8. The summed E-state index contributed by atoms with van der Waals surface area (Å²) in [5, 5.41) is 0. The summed E-state index contributed by atoms with van der Waals surface area (Å²) in [6, 6.07) is 23.2. The van der Waals surface area contributed by atoms with E-state index in [1.165, 1.54) is 4.40 Å². The van der Waals surface area contributed by atoms with Crippen molar-refractivity contribution in [2.24, 2.45) is 0 Å². The van der Waals surface area contributed by atoms with Crippen LogP contribution in [-0.2, 0) is 0 Å². The van der Waals surface area contributed by atoms with E-state index in [9.17, 15) is 4.39 Å². The quantitative estimate of drug-likeness (QED) is 0.517. The van der Waals surface area contributed by atoms with Gasteiger partial charge in [-0.3, -0.25) is 4.40 Å². The molecule has 4 rings (SSSR count). The first-order valence-electron chi connectivity index (χ1n) is 7.12. The molecule has 0 N–H and O–H groups in total. The number of halogens is 1. The summed E-state index contributed by atoms with van der Waals surface area (Å²) in [4.78, 5) is 4.46. The fourth-order valence-corrected chi connectivity index (χ4v) is 2.70. The van der Waals surface area contributed by atoms with Crippen LogP contribution in [0.3, 0.4) is 0 Å². The molecule has 106 valence electrons. The van der Waals surface area contributed by atoms with E-state index in [1.54, 1.807) is 18.3 Å². The van der Waals surface area contributed by atoms with Gasteiger partial charge in [-0.2, -0.15) is 4.39 Å². The summed E-state index contributed by atoms with van der Waals surface area (Å²) in [6.45, 7) is 0. The molecule has 0 aliphatic heterocycles. The van der Waals surface area contributed by atoms with Gasteiger partial charge in [0.25, 0.3) is 0 Å². The van der Waals surface area contributed by atoms with Crippen molar-refractivity contribution in [2.45, 2.75) is 0 Å². The maximum atomic E-state index is 14.7. The SMILES string of the molecule is Fc1c(-c2ccccc2-c2ccccc2)nc2ccccn12. The number of fused-ring (bicyclic) bond motifs is 1. The molecule has 0 spiro atoms. The van der Waals surface area contributed by atoms with E-state index in [0.29, 0.717) is 11.3 Å². The third-order valence-corrected chi connectivity index (χ3v) is 3.74. The molecule has 2 heterocycles. The number of benzene rings is 2. The molecule has 2 aromatic heterocycles. The van der Waals surface area contributed by atoms with Gasteiger partial charge in [0, 0.05) is 11.8 Å². The molecule has 4 aromatic rings. The van der Waals surface area contributed by atoms with E-state index in [-0.39, 0.29) is 5.95 Å². The first-order valence-corrected chi connectivity index (χ1v) is 7.12. The zero-order chi connectivity index (χ0) is 14.9. The van der Waals surface area contributed by atoms with Crippen molar-refractivity contribution in [1.29, 1.82) is 0 Å². The molecule has 0 saturated carbocycles. The van der Waals surface area contributed by atoms with Gasteiger partial charge in [0.05, 0.1) is 0 Å². The molecule has 0 fully saturated rings. The van der Waals surface area contributed by atoms with Gasteiger partial charge in [0.15, 0.2) is 0 Å². The number of imidazole rings is 1. The highest BCUT2D eigenvalue weighted by Gasteiger charge is 2.16. The lowest BCUT2D eigenvalue weighted by atomic mass is 9.98. The summed E-state index contributed by atoms with van der Waals surface area (Å²) < 4.78 is 16.2. The van der Waals surface area contributed by atoms with Gasteiger partial charge in [-0.15, -0.1) is 0 Å². The highest BCUT2D eigenvalue weighted by Crippen LogP contribution is 2.33. The van der Waals surface area contributed by atoms with Crippen LogP contribution in [0.5, 0.6) is 0 Å². The van der Waals surface area contributed by atoms with Crippen LogP contribution in [0.15, 0.2) is 79.0 Å². The van der Waals surface area contributed by atoms with Gasteiger partial charge in [-0.05, 0) is 23.3 Å². The largest absolute Gasteiger partial charge is 0.276 e. The van der Waals surface area contributed by atoms with Crippen LogP contribution < -0.4 is 0 Å². The van der Waals surface area contributed by atoms with E-state index < -0.39 is 0 Å². The number of rotatable bonds is 2. The Morgan fingerprint density at radius 2 is 1.41 bits per heavy atom. The number of aromatic nitrogens is 2. The Bertz CT molecular complexity index is 942. The van der Waals surface area contributed by atoms with Crippen molar-refractivity contribution >= 4 is 5.65 Å². The Balaban J connectivity index is 1.98. The minimum absolute atomic E-state index is 0.334. The molecule has 0 aliphatic carbocycles. The van der Waals surface area contributed by atoms with E-state index in [2.05, 4.69) is 4.98 Å². The van der Waals surface area contributed by atoms with Crippen LogP contribution in [0.1, 0.15) is 0 Å². The molecule has 0 aliphatic rings. The standard InChI is InChI=1S/C19H13FN2/c20-19-18(21-17-12-6-7-13-22(17)19)16-11-5-4-10-15(16)14-8-2-1-3-9-14/h1-13H. The summed E-state index contributed by atoms with van der Waals surface area (Å²) in [5.74, 6) is -0.334. The van der Waals surface area contributed by atoms with Crippen molar-refractivity contribution in [2.75, 3.05) is 0 Å². The fraction of sp³-hybridized carbons (Fsp3) is 0.